The van der Waals surface area contributed by atoms with Crippen LogP contribution >= 0.6 is 40.2 Å². The number of amides is 1. The minimum absolute atomic E-state index is 0.145. The summed E-state index contributed by atoms with van der Waals surface area (Å²) >= 11 is 13.0. The van der Waals surface area contributed by atoms with Gasteiger partial charge in [0.1, 0.15) is 0 Å². The first kappa shape index (κ1) is 10.9. The van der Waals surface area contributed by atoms with Crippen LogP contribution in [-0.4, -0.2) is 11.7 Å². The van der Waals surface area contributed by atoms with Crippen molar-refractivity contribution in [3.8, 4) is 0 Å². The van der Waals surface area contributed by atoms with Crippen molar-refractivity contribution in [2.45, 2.75) is 0 Å². The molecule has 0 aromatic heterocycles. The number of thiol groups is 1. The van der Waals surface area contributed by atoms with Gasteiger partial charge in [0.2, 0.25) is 5.91 Å². The number of hydrogen-bond acceptors (Lipinski definition) is 2. The molecule has 5 heteroatoms. The summed E-state index contributed by atoms with van der Waals surface area (Å²) in [6, 6.07) is 5.25. The Bertz CT molecular complexity index is 332. The predicted molar refractivity (Wildman–Crippen MR) is 61.6 cm³/mol. The number of anilines is 1. The van der Waals surface area contributed by atoms with Crippen molar-refractivity contribution in [1.82, 2.24) is 0 Å². The summed E-state index contributed by atoms with van der Waals surface area (Å²) < 4.78 is 0.876. The van der Waals surface area contributed by atoms with Crippen LogP contribution in [0.3, 0.4) is 0 Å². The molecule has 0 aliphatic heterocycles. The van der Waals surface area contributed by atoms with Crippen LogP contribution in [0, 0.1) is 0 Å². The van der Waals surface area contributed by atoms with E-state index in [9.17, 15) is 4.79 Å². The molecule has 1 rings (SSSR count). The maximum absolute atomic E-state index is 11.0. The first-order valence-corrected chi connectivity index (χ1v) is 5.29. The molecular weight excluding hydrogens is 274 g/mol. The van der Waals surface area contributed by atoms with Crippen LogP contribution in [0.4, 0.5) is 5.69 Å². The molecule has 0 aliphatic rings. The summed E-state index contributed by atoms with van der Waals surface area (Å²) in [4.78, 5) is 11.0. The van der Waals surface area contributed by atoms with Crippen LogP contribution in [0.2, 0.25) is 5.02 Å². The van der Waals surface area contributed by atoms with E-state index in [0.717, 1.165) is 4.47 Å². The zero-order valence-corrected chi connectivity index (χ0v) is 9.79. The second-order valence-corrected chi connectivity index (χ2v) is 3.97. The number of halogens is 2. The predicted octanol–water partition coefficient (Wildman–Crippen LogP) is 2.97. The fraction of sp³-hybridized carbons (Fsp3) is 0.125. The van der Waals surface area contributed by atoms with Crippen LogP contribution in [0.15, 0.2) is 22.7 Å². The van der Waals surface area contributed by atoms with E-state index >= 15 is 0 Å². The highest BCUT2D eigenvalue weighted by Gasteiger charge is 2.03. The van der Waals surface area contributed by atoms with Gasteiger partial charge in [0.15, 0.2) is 0 Å². The van der Waals surface area contributed by atoms with Crippen LogP contribution in [-0.2, 0) is 4.79 Å². The molecular formula is C8H7BrClNOS. The van der Waals surface area contributed by atoms with Gasteiger partial charge in [-0.3, -0.25) is 4.79 Å². The van der Waals surface area contributed by atoms with E-state index in [2.05, 4.69) is 33.9 Å². The van der Waals surface area contributed by atoms with Gasteiger partial charge in [0.05, 0.1) is 16.5 Å². The number of carbonyl (C=O) groups is 1. The molecule has 0 unspecified atom stereocenters. The lowest BCUT2D eigenvalue weighted by Crippen LogP contribution is -2.12. The van der Waals surface area contributed by atoms with Crippen molar-refractivity contribution in [2.24, 2.45) is 0 Å². The van der Waals surface area contributed by atoms with Crippen molar-refractivity contribution in [3.05, 3.63) is 27.7 Å². The molecule has 1 N–H and O–H groups in total. The lowest BCUT2D eigenvalue weighted by molar-refractivity contribution is -0.113. The molecule has 0 atom stereocenters. The van der Waals surface area contributed by atoms with Crippen LogP contribution in [0.25, 0.3) is 0 Å². The van der Waals surface area contributed by atoms with Gasteiger partial charge in [-0.15, -0.1) is 0 Å². The third kappa shape index (κ3) is 3.21. The van der Waals surface area contributed by atoms with Gasteiger partial charge in [-0.2, -0.15) is 12.6 Å². The fourth-order valence-corrected chi connectivity index (χ4v) is 1.58. The number of rotatable bonds is 2. The van der Waals surface area contributed by atoms with Gasteiger partial charge in [-0.05, 0) is 18.2 Å². The quantitative estimate of drug-likeness (QED) is 0.801. The molecule has 1 amide bonds. The first-order chi connectivity index (χ1) is 6.13. The summed E-state index contributed by atoms with van der Waals surface area (Å²) in [5, 5.41) is 3.12. The zero-order chi connectivity index (χ0) is 9.84. The highest BCUT2D eigenvalue weighted by molar-refractivity contribution is 9.10. The van der Waals surface area contributed by atoms with Gasteiger partial charge in [-0.25, -0.2) is 0 Å². The van der Waals surface area contributed by atoms with Crippen LogP contribution in [0.1, 0.15) is 0 Å². The number of nitrogens with one attached hydrogen (secondary N) is 1. The summed E-state index contributed by atoms with van der Waals surface area (Å²) in [7, 11) is 0. The third-order valence-corrected chi connectivity index (χ3v) is 2.44. The molecule has 0 saturated heterocycles. The van der Waals surface area contributed by atoms with Gasteiger partial charge < -0.3 is 5.32 Å². The van der Waals surface area contributed by atoms with Gasteiger partial charge in [0, 0.05) is 4.47 Å². The van der Waals surface area contributed by atoms with E-state index in [4.69, 9.17) is 11.6 Å². The molecule has 1 aromatic rings. The second-order valence-electron chi connectivity index (χ2n) is 2.33. The van der Waals surface area contributed by atoms with Gasteiger partial charge >= 0.3 is 0 Å². The average molecular weight is 281 g/mol. The fourth-order valence-electron chi connectivity index (χ4n) is 0.781. The molecule has 13 heavy (non-hydrogen) atoms. The molecule has 0 radical (unpaired) electrons. The van der Waals surface area contributed by atoms with E-state index in [1.54, 1.807) is 18.2 Å². The number of hydrogen-bond donors (Lipinski definition) is 2. The van der Waals surface area contributed by atoms with Crippen molar-refractivity contribution < 1.29 is 4.79 Å². The van der Waals surface area contributed by atoms with E-state index < -0.39 is 0 Å². The maximum atomic E-state index is 11.0. The Morgan fingerprint density at radius 1 is 1.62 bits per heavy atom. The van der Waals surface area contributed by atoms with E-state index in [1.807, 2.05) is 0 Å². The van der Waals surface area contributed by atoms with Crippen molar-refractivity contribution >= 4 is 51.8 Å². The number of benzene rings is 1. The average Bonchev–Trinajstić information content (AvgIpc) is 2.09. The molecule has 2 nitrogen and oxygen atoms in total. The molecule has 1 aromatic carbocycles. The monoisotopic (exact) mass is 279 g/mol. The smallest absolute Gasteiger partial charge is 0.234 e. The van der Waals surface area contributed by atoms with Gasteiger partial charge in [-0.1, -0.05) is 27.5 Å². The number of carbonyl (C=O) groups excluding carboxylic acids is 1. The topological polar surface area (TPSA) is 29.1 Å². The van der Waals surface area contributed by atoms with Gasteiger partial charge in [0.25, 0.3) is 0 Å². The second kappa shape index (κ2) is 4.88. The zero-order valence-electron chi connectivity index (χ0n) is 6.55. The van der Waals surface area contributed by atoms with Crippen LogP contribution < -0.4 is 5.32 Å². The largest absolute Gasteiger partial charge is 0.324 e. The van der Waals surface area contributed by atoms with Crippen molar-refractivity contribution in [1.29, 1.82) is 0 Å². The third-order valence-electron chi connectivity index (χ3n) is 1.35. The SMILES string of the molecule is O=C(CS)Nc1ccc(Br)cc1Cl. The summed E-state index contributed by atoms with van der Waals surface area (Å²) in [6.45, 7) is 0. The Morgan fingerprint density at radius 2 is 2.31 bits per heavy atom. The lowest BCUT2D eigenvalue weighted by Gasteiger charge is -2.05. The molecule has 70 valence electrons. The molecule has 0 aliphatic carbocycles. The molecule has 0 bridgehead atoms. The Balaban J connectivity index is 2.83. The van der Waals surface area contributed by atoms with Crippen LogP contribution in [0.5, 0.6) is 0 Å². The summed E-state index contributed by atoms with van der Waals surface area (Å²) in [5.41, 5.74) is 0.601. The first-order valence-electron chi connectivity index (χ1n) is 3.49. The van der Waals surface area contributed by atoms with Crippen molar-refractivity contribution in [2.75, 3.05) is 11.1 Å². The summed E-state index contributed by atoms with van der Waals surface area (Å²) in [5.74, 6) is -0.0283. The Morgan fingerprint density at radius 3 is 2.85 bits per heavy atom. The highest BCUT2D eigenvalue weighted by atomic mass is 79.9. The van der Waals surface area contributed by atoms with E-state index in [0.29, 0.717) is 10.7 Å². The van der Waals surface area contributed by atoms with Crippen molar-refractivity contribution in [3.63, 3.8) is 0 Å². The molecule has 0 heterocycles. The minimum atomic E-state index is -0.174. The van der Waals surface area contributed by atoms with E-state index in [1.165, 1.54) is 0 Å². The standard InChI is InChI=1S/C8H7BrClNOS/c9-5-1-2-7(6(10)3-5)11-8(12)4-13/h1-3,13H,4H2,(H,11,12). The highest BCUT2D eigenvalue weighted by Crippen LogP contribution is 2.25. The lowest BCUT2D eigenvalue weighted by atomic mass is 10.3. The Hall–Kier alpha value is -0.190. The Labute approximate surface area is 95.2 Å². The minimum Gasteiger partial charge on any atom is -0.324 e. The maximum Gasteiger partial charge on any atom is 0.234 e. The molecule has 0 saturated carbocycles. The molecule has 0 spiro atoms. The van der Waals surface area contributed by atoms with E-state index in [-0.39, 0.29) is 11.7 Å². The normalized spacial score (nSPS) is 9.77. The molecule has 0 fully saturated rings. The summed E-state index contributed by atoms with van der Waals surface area (Å²) in [6.07, 6.45) is 0. The Kier molecular flexibility index (Phi) is 4.09.